The lowest BCUT2D eigenvalue weighted by molar-refractivity contribution is -0.153. The molecule has 0 saturated carbocycles. The Bertz CT molecular complexity index is 167. The van der Waals surface area contributed by atoms with Gasteiger partial charge >= 0.3 is 0 Å². The molecule has 1 saturated heterocycles. The van der Waals surface area contributed by atoms with Gasteiger partial charge in [0, 0.05) is 7.05 Å². The summed E-state index contributed by atoms with van der Waals surface area (Å²) in [6.07, 6.45) is -0.449. The molecular weight excluding hydrogens is 146 g/mol. The van der Waals surface area contributed by atoms with E-state index in [9.17, 15) is 4.79 Å². The molecule has 0 unspecified atom stereocenters. The van der Waals surface area contributed by atoms with Crippen molar-refractivity contribution in [2.75, 3.05) is 13.7 Å². The number of carbonyl (C=O) groups excluding carboxylic acids is 1. The largest absolute Gasteiger partial charge is 0.357 e. The molecule has 11 heavy (non-hydrogen) atoms. The van der Waals surface area contributed by atoms with Crippen molar-refractivity contribution in [1.29, 1.82) is 0 Å². The second-order valence-corrected chi connectivity index (χ2v) is 2.93. The molecule has 0 aliphatic carbocycles. The van der Waals surface area contributed by atoms with Gasteiger partial charge in [0.1, 0.15) is 0 Å². The summed E-state index contributed by atoms with van der Waals surface area (Å²) < 4.78 is 10.5. The maximum absolute atomic E-state index is 11.0. The Hall–Kier alpha value is -0.610. The molecular formula is C7H13NO3. The second-order valence-electron chi connectivity index (χ2n) is 2.93. The summed E-state index contributed by atoms with van der Waals surface area (Å²) in [7, 11) is 1.58. The van der Waals surface area contributed by atoms with E-state index in [2.05, 4.69) is 5.32 Å². The van der Waals surface area contributed by atoms with Crippen molar-refractivity contribution in [2.24, 2.45) is 0 Å². The molecule has 0 aromatic heterocycles. The highest BCUT2D eigenvalue weighted by Crippen LogP contribution is 2.21. The molecule has 1 fully saturated rings. The Kier molecular flexibility index (Phi) is 2.15. The van der Waals surface area contributed by atoms with E-state index >= 15 is 0 Å². The van der Waals surface area contributed by atoms with E-state index in [1.165, 1.54) is 0 Å². The number of rotatable bonds is 1. The Labute approximate surface area is 65.9 Å². The van der Waals surface area contributed by atoms with E-state index < -0.39 is 11.9 Å². The first-order valence-electron chi connectivity index (χ1n) is 3.58. The standard InChI is InChI=1S/C7H13NO3/c1-7(2)10-4-5(11-7)6(9)8-3/h5H,4H2,1-3H3,(H,8,9)/t5-/m1/s1. The molecule has 1 N–H and O–H groups in total. The zero-order valence-electron chi connectivity index (χ0n) is 7.01. The quantitative estimate of drug-likeness (QED) is 0.580. The number of carbonyl (C=O) groups is 1. The molecule has 0 spiro atoms. The third-order valence-electron chi connectivity index (χ3n) is 1.55. The molecule has 1 aliphatic heterocycles. The number of hydrogen-bond donors (Lipinski definition) is 1. The minimum Gasteiger partial charge on any atom is -0.357 e. The molecule has 0 aromatic rings. The van der Waals surface area contributed by atoms with Gasteiger partial charge in [0.2, 0.25) is 0 Å². The predicted molar refractivity (Wildman–Crippen MR) is 39.0 cm³/mol. The van der Waals surface area contributed by atoms with Crippen LogP contribution in [0.5, 0.6) is 0 Å². The second kappa shape index (κ2) is 2.79. The van der Waals surface area contributed by atoms with Gasteiger partial charge in [-0.05, 0) is 13.8 Å². The number of nitrogens with one attached hydrogen (secondary N) is 1. The highest BCUT2D eigenvalue weighted by atomic mass is 16.7. The third kappa shape index (κ3) is 1.91. The van der Waals surface area contributed by atoms with Crippen LogP contribution in [-0.4, -0.2) is 31.5 Å². The molecule has 1 rings (SSSR count). The molecule has 0 bridgehead atoms. The number of likely N-dealkylation sites (N-methyl/N-ethyl adjacent to an activating group) is 1. The lowest BCUT2D eigenvalue weighted by atomic mass is 10.3. The van der Waals surface area contributed by atoms with Crippen LogP contribution in [0.3, 0.4) is 0 Å². The van der Waals surface area contributed by atoms with Crippen LogP contribution in [0, 0.1) is 0 Å². The first-order chi connectivity index (χ1) is 5.05. The zero-order chi connectivity index (χ0) is 8.48. The molecule has 4 heteroatoms. The van der Waals surface area contributed by atoms with Gasteiger partial charge in [-0.1, -0.05) is 0 Å². The first kappa shape index (κ1) is 8.49. The lowest BCUT2D eigenvalue weighted by Gasteiger charge is -2.16. The van der Waals surface area contributed by atoms with Gasteiger partial charge in [-0.25, -0.2) is 0 Å². The lowest BCUT2D eigenvalue weighted by Crippen LogP contribution is -2.34. The minimum absolute atomic E-state index is 0.129. The average Bonchev–Trinajstić information content (AvgIpc) is 2.29. The average molecular weight is 159 g/mol. The number of amides is 1. The van der Waals surface area contributed by atoms with E-state index in [-0.39, 0.29) is 5.91 Å². The van der Waals surface area contributed by atoms with Crippen molar-refractivity contribution in [1.82, 2.24) is 5.32 Å². The van der Waals surface area contributed by atoms with Gasteiger partial charge in [0.05, 0.1) is 6.61 Å². The summed E-state index contributed by atoms with van der Waals surface area (Å²) in [5.41, 5.74) is 0. The molecule has 4 nitrogen and oxygen atoms in total. The van der Waals surface area contributed by atoms with Gasteiger partial charge in [-0.2, -0.15) is 0 Å². The number of hydrogen-bond acceptors (Lipinski definition) is 3. The van der Waals surface area contributed by atoms with Crippen molar-refractivity contribution < 1.29 is 14.3 Å². The van der Waals surface area contributed by atoms with Gasteiger partial charge in [-0.15, -0.1) is 0 Å². The summed E-state index contributed by atoms with van der Waals surface area (Å²) in [6, 6.07) is 0. The van der Waals surface area contributed by atoms with E-state index in [4.69, 9.17) is 9.47 Å². The molecule has 0 radical (unpaired) electrons. The van der Waals surface area contributed by atoms with Crippen LogP contribution >= 0.6 is 0 Å². The summed E-state index contributed by atoms with van der Waals surface area (Å²) in [5.74, 6) is -0.743. The van der Waals surface area contributed by atoms with Gasteiger partial charge in [0.25, 0.3) is 5.91 Å². The fourth-order valence-electron chi connectivity index (χ4n) is 0.977. The highest BCUT2D eigenvalue weighted by Gasteiger charge is 2.36. The Balaban J connectivity index is 2.48. The molecule has 1 aliphatic rings. The summed E-state index contributed by atoms with van der Waals surface area (Å²) in [6.45, 7) is 3.92. The van der Waals surface area contributed by atoms with Crippen molar-refractivity contribution >= 4 is 5.91 Å². The maximum Gasteiger partial charge on any atom is 0.251 e. The van der Waals surface area contributed by atoms with Gasteiger partial charge < -0.3 is 14.8 Å². The fraction of sp³-hybridized carbons (Fsp3) is 0.857. The van der Waals surface area contributed by atoms with E-state index in [0.717, 1.165) is 0 Å². The van der Waals surface area contributed by atoms with E-state index in [0.29, 0.717) is 6.61 Å². The molecule has 64 valence electrons. The van der Waals surface area contributed by atoms with E-state index in [1.807, 2.05) is 0 Å². The molecule has 0 aromatic carbocycles. The first-order valence-corrected chi connectivity index (χ1v) is 3.58. The summed E-state index contributed by atoms with van der Waals surface area (Å²) >= 11 is 0. The van der Waals surface area contributed by atoms with Crippen LogP contribution in [0.4, 0.5) is 0 Å². The highest BCUT2D eigenvalue weighted by molar-refractivity contribution is 5.80. The summed E-state index contributed by atoms with van der Waals surface area (Å²) in [4.78, 5) is 11.0. The Morgan fingerprint density at radius 3 is 2.64 bits per heavy atom. The third-order valence-corrected chi connectivity index (χ3v) is 1.55. The summed E-state index contributed by atoms with van der Waals surface area (Å²) in [5, 5.41) is 2.50. The SMILES string of the molecule is CNC(=O)[C@H]1COC(C)(C)O1. The van der Waals surface area contributed by atoms with Crippen molar-refractivity contribution in [3.63, 3.8) is 0 Å². The van der Waals surface area contributed by atoms with Crippen LogP contribution in [0.1, 0.15) is 13.8 Å². The van der Waals surface area contributed by atoms with Crippen molar-refractivity contribution in [3.05, 3.63) is 0 Å². The topological polar surface area (TPSA) is 47.6 Å². The zero-order valence-corrected chi connectivity index (χ0v) is 7.01. The minimum atomic E-state index is -0.614. The Morgan fingerprint density at radius 2 is 2.27 bits per heavy atom. The van der Waals surface area contributed by atoms with Crippen LogP contribution in [0.25, 0.3) is 0 Å². The van der Waals surface area contributed by atoms with Crippen LogP contribution in [0.2, 0.25) is 0 Å². The Morgan fingerprint density at radius 1 is 1.64 bits per heavy atom. The molecule has 1 atom stereocenters. The van der Waals surface area contributed by atoms with Crippen LogP contribution < -0.4 is 5.32 Å². The molecule has 1 amide bonds. The van der Waals surface area contributed by atoms with Gasteiger partial charge in [0.15, 0.2) is 11.9 Å². The van der Waals surface area contributed by atoms with Crippen LogP contribution in [0.15, 0.2) is 0 Å². The predicted octanol–water partition coefficient (Wildman–Crippen LogP) is -0.116. The fourth-order valence-corrected chi connectivity index (χ4v) is 0.977. The van der Waals surface area contributed by atoms with Crippen molar-refractivity contribution in [3.8, 4) is 0 Å². The van der Waals surface area contributed by atoms with Crippen LogP contribution in [-0.2, 0) is 14.3 Å². The van der Waals surface area contributed by atoms with Gasteiger partial charge in [-0.3, -0.25) is 4.79 Å². The smallest absolute Gasteiger partial charge is 0.251 e. The number of ether oxygens (including phenoxy) is 2. The monoisotopic (exact) mass is 159 g/mol. The maximum atomic E-state index is 11.0. The normalized spacial score (nSPS) is 28.5. The van der Waals surface area contributed by atoms with E-state index in [1.54, 1.807) is 20.9 Å². The van der Waals surface area contributed by atoms with Crippen molar-refractivity contribution in [2.45, 2.75) is 25.7 Å². The molecule has 1 heterocycles.